The lowest BCUT2D eigenvalue weighted by atomic mass is 9.96. The second-order valence-corrected chi connectivity index (χ2v) is 9.11. The van der Waals surface area contributed by atoms with Crippen LogP contribution < -0.4 is 4.74 Å². The van der Waals surface area contributed by atoms with E-state index in [-0.39, 0.29) is 12.6 Å². The molecule has 4 rings (SSSR count). The van der Waals surface area contributed by atoms with Crippen molar-refractivity contribution in [2.75, 3.05) is 6.61 Å². The lowest BCUT2D eigenvalue weighted by Gasteiger charge is -2.16. The van der Waals surface area contributed by atoms with E-state index in [0.717, 1.165) is 47.2 Å². The SMILES string of the molecule is CCOC(=O)c1cc(C2=C(c3cc(Cl)ccc3OCc3ccc(F)cc3Cl)CCC2)cnc1CC. The number of aromatic nitrogens is 1. The van der Waals surface area contributed by atoms with Crippen LogP contribution in [-0.4, -0.2) is 17.6 Å². The van der Waals surface area contributed by atoms with Gasteiger partial charge in [-0.05, 0) is 85.7 Å². The molecule has 0 radical (unpaired) electrons. The largest absolute Gasteiger partial charge is 0.488 e. The van der Waals surface area contributed by atoms with Crippen LogP contribution in [-0.2, 0) is 17.8 Å². The first-order valence-electron chi connectivity index (χ1n) is 11.7. The number of ether oxygens (including phenoxy) is 2. The lowest BCUT2D eigenvalue weighted by Crippen LogP contribution is -2.10. The van der Waals surface area contributed by atoms with Crippen molar-refractivity contribution in [2.45, 2.75) is 46.1 Å². The summed E-state index contributed by atoms with van der Waals surface area (Å²) >= 11 is 12.6. The molecule has 0 saturated carbocycles. The first-order chi connectivity index (χ1) is 16.9. The maximum Gasteiger partial charge on any atom is 0.339 e. The summed E-state index contributed by atoms with van der Waals surface area (Å²) < 4.78 is 24.8. The van der Waals surface area contributed by atoms with E-state index in [1.165, 1.54) is 12.1 Å². The smallest absolute Gasteiger partial charge is 0.339 e. The maximum atomic E-state index is 13.4. The molecule has 4 nitrogen and oxygen atoms in total. The van der Waals surface area contributed by atoms with Crippen LogP contribution in [0.2, 0.25) is 10.0 Å². The predicted octanol–water partition coefficient (Wildman–Crippen LogP) is 7.94. The van der Waals surface area contributed by atoms with Crippen molar-refractivity contribution in [2.24, 2.45) is 0 Å². The van der Waals surface area contributed by atoms with Gasteiger partial charge in [-0.2, -0.15) is 0 Å². The Morgan fingerprint density at radius 2 is 1.86 bits per heavy atom. The van der Waals surface area contributed by atoms with Gasteiger partial charge in [0.25, 0.3) is 0 Å². The van der Waals surface area contributed by atoms with Gasteiger partial charge in [0.1, 0.15) is 18.2 Å². The normalized spacial score (nSPS) is 13.3. The van der Waals surface area contributed by atoms with E-state index in [4.69, 9.17) is 32.7 Å². The Balaban J connectivity index is 1.72. The number of carbonyl (C=O) groups excluding carboxylic acids is 1. The number of nitrogens with zero attached hydrogens (tertiary/aromatic N) is 1. The van der Waals surface area contributed by atoms with Gasteiger partial charge in [-0.25, -0.2) is 9.18 Å². The summed E-state index contributed by atoms with van der Waals surface area (Å²) in [6.45, 7) is 4.25. The minimum atomic E-state index is -0.392. The molecule has 1 aromatic heterocycles. The van der Waals surface area contributed by atoms with Gasteiger partial charge in [0, 0.05) is 22.3 Å². The fraction of sp³-hybridized carbons (Fsp3) is 0.286. The average molecular weight is 514 g/mol. The van der Waals surface area contributed by atoms with Crippen molar-refractivity contribution in [3.63, 3.8) is 0 Å². The molecular formula is C28H26Cl2FNO3. The third kappa shape index (κ3) is 5.68. The Bertz CT molecular complexity index is 1290. The second kappa shape index (κ2) is 11.2. The molecular weight excluding hydrogens is 488 g/mol. The van der Waals surface area contributed by atoms with E-state index in [0.29, 0.717) is 39.9 Å². The molecule has 182 valence electrons. The molecule has 0 fully saturated rings. The molecule has 3 aromatic rings. The molecule has 1 aliphatic rings. The number of rotatable bonds is 8. The van der Waals surface area contributed by atoms with Crippen LogP contribution in [0.15, 0.2) is 48.7 Å². The number of carbonyl (C=O) groups is 1. The minimum absolute atomic E-state index is 0.191. The number of esters is 1. The molecule has 1 aliphatic carbocycles. The van der Waals surface area contributed by atoms with Gasteiger partial charge < -0.3 is 9.47 Å². The quantitative estimate of drug-likeness (QED) is 0.286. The van der Waals surface area contributed by atoms with Gasteiger partial charge in [0.2, 0.25) is 0 Å². The molecule has 0 atom stereocenters. The van der Waals surface area contributed by atoms with Crippen molar-refractivity contribution < 1.29 is 18.7 Å². The van der Waals surface area contributed by atoms with Crippen LogP contribution in [0.25, 0.3) is 11.1 Å². The molecule has 0 saturated heterocycles. The molecule has 0 spiro atoms. The number of hydrogen-bond acceptors (Lipinski definition) is 4. The van der Waals surface area contributed by atoms with Crippen molar-refractivity contribution in [3.8, 4) is 5.75 Å². The van der Waals surface area contributed by atoms with Crippen LogP contribution in [0.4, 0.5) is 4.39 Å². The molecule has 0 aliphatic heterocycles. The lowest BCUT2D eigenvalue weighted by molar-refractivity contribution is 0.0524. The number of hydrogen-bond donors (Lipinski definition) is 0. The molecule has 35 heavy (non-hydrogen) atoms. The highest BCUT2D eigenvalue weighted by Gasteiger charge is 2.23. The van der Waals surface area contributed by atoms with Crippen molar-refractivity contribution in [1.29, 1.82) is 0 Å². The maximum absolute atomic E-state index is 13.4. The van der Waals surface area contributed by atoms with E-state index >= 15 is 0 Å². The Morgan fingerprint density at radius 1 is 1.06 bits per heavy atom. The monoisotopic (exact) mass is 513 g/mol. The van der Waals surface area contributed by atoms with Gasteiger partial charge in [-0.3, -0.25) is 4.98 Å². The zero-order valence-corrected chi connectivity index (χ0v) is 21.2. The first kappa shape index (κ1) is 25.2. The summed E-state index contributed by atoms with van der Waals surface area (Å²) in [7, 11) is 0. The number of halogens is 3. The van der Waals surface area contributed by atoms with Crippen molar-refractivity contribution >= 4 is 40.3 Å². The van der Waals surface area contributed by atoms with Crippen molar-refractivity contribution in [3.05, 3.63) is 92.5 Å². The van der Waals surface area contributed by atoms with Crippen LogP contribution >= 0.6 is 23.2 Å². The molecule has 7 heteroatoms. The fourth-order valence-corrected chi connectivity index (χ4v) is 4.74. The summed E-state index contributed by atoms with van der Waals surface area (Å²) in [5.74, 6) is -0.0914. The van der Waals surface area contributed by atoms with E-state index in [9.17, 15) is 9.18 Å². The Hall–Kier alpha value is -2.89. The van der Waals surface area contributed by atoms with Gasteiger partial charge in [0.05, 0.1) is 22.9 Å². The molecule has 1 heterocycles. The summed E-state index contributed by atoms with van der Waals surface area (Å²) in [5, 5.41) is 0.910. The van der Waals surface area contributed by atoms with Crippen molar-refractivity contribution in [1.82, 2.24) is 4.98 Å². The molecule has 0 N–H and O–H groups in total. The molecule has 2 aromatic carbocycles. The molecule has 0 bridgehead atoms. The zero-order chi connectivity index (χ0) is 24.9. The second-order valence-electron chi connectivity index (χ2n) is 8.27. The average Bonchev–Trinajstić information content (AvgIpc) is 3.33. The Kier molecular flexibility index (Phi) is 8.09. The molecule has 0 unspecified atom stereocenters. The number of benzene rings is 2. The van der Waals surface area contributed by atoms with Crippen LogP contribution in [0.3, 0.4) is 0 Å². The molecule has 0 amide bonds. The van der Waals surface area contributed by atoms with E-state index in [1.54, 1.807) is 19.1 Å². The van der Waals surface area contributed by atoms with E-state index in [2.05, 4.69) is 4.98 Å². The zero-order valence-electron chi connectivity index (χ0n) is 19.7. The highest BCUT2D eigenvalue weighted by molar-refractivity contribution is 6.31. The van der Waals surface area contributed by atoms with Crippen LogP contribution in [0.1, 0.15) is 65.9 Å². The number of allylic oxidation sites excluding steroid dienone is 2. The highest BCUT2D eigenvalue weighted by Crippen LogP contribution is 2.44. The predicted molar refractivity (Wildman–Crippen MR) is 137 cm³/mol. The van der Waals surface area contributed by atoms with Gasteiger partial charge in [0.15, 0.2) is 0 Å². The Labute approximate surface area is 214 Å². The fourth-order valence-electron chi connectivity index (χ4n) is 4.34. The number of aryl methyl sites for hydroxylation is 1. The van der Waals surface area contributed by atoms with E-state index < -0.39 is 5.82 Å². The summed E-state index contributed by atoms with van der Waals surface area (Å²) in [6, 6.07) is 11.6. The van der Waals surface area contributed by atoms with E-state index in [1.807, 2.05) is 31.3 Å². The summed E-state index contributed by atoms with van der Waals surface area (Å²) in [4.78, 5) is 17.1. The van der Waals surface area contributed by atoms with Gasteiger partial charge >= 0.3 is 5.97 Å². The van der Waals surface area contributed by atoms with Crippen LogP contribution in [0, 0.1) is 5.82 Å². The standard InChI is InChI=1S/C28H26Cl2FNO3/c1-3-26-24(28(33)34-4-2)12-18(15-32-26)21-6-5-7-22(21)23-13-19(29)9-11-27(23)35-16-17-8-10-20(31)14-25(17)30/h8-15H,3-7,16H2,1-2H3. The minimum Gasteiger partial charge on any atom is -0.488 e. The highest BCUT2D eigenvalue weighted by atomic mass is 35.5. The third-order valence-corrected chi connectivity index (χ3v) is 6.62. The van der Waals surface area contributed by atoms with Crippen LogP contribution in [0.5, 0.6) is 5.75 Å². The topological polar surface area (TPSA) is 48.4 Å². The Morgan fingerprint density at radius 3 is 2.60 bits per heavy atom. The first-order valence-corrected chi connectivity index (χ1v) is 12.4. The summed E-state index contributed by atoms with van der Waals surface area (Å²) in [6.07, 6.45) is 5.11. The number of pyridine rings is 1. The third-order valence-electron chi connectivity index (χ3n) is 6.03. The summed E-state index contributed by atoms with van der Waals surface area (Å²) in [5.41, 5.74) is 5.90. The van der Waals surface area contributed by atoms with Gasteiger partial charge in [-0.1, -0.05) is 36.2 Å². The van der Waals surface area contributed by atoms with Gasteiger partial charge in [-0.15, -0.1) is 0 Å².